The fourth-order valence-corrected chi connectivity index (χ4v) is 3.44. The molecule has 2 aromatic rings. The summed E-state index contributed by atoms with van der Waals surface area (Å²) in [6, 6.07) is 15.3. The van der Waals surface area contributed by atoms with Gasteiger partial charge in [0.15, 0.2) is 0 Å². The number of nitrogens with zero attached hydrogens (tertiary/aromatic N) is 1. The van der Waals surface area contributed by atoms with E-state index < -0.39 is 0 Å². The number of hydrogen-bond acceptors (Lipinski definition) is 3. The summed E-state index contributed by atoms with van der Waals surface area (Å²) >= 11 is 1.50. The average molecular weight is 371 g/mol. The molecule has 0 aliphatic heterocycles. The largest absolute Gasteiger partial charge is 0.339 e. The number of carbonyl (C=O) groups excluding carboxylic acids is 2. The predicted molar refractivity (Wildman–Crippen MR) is 109 cm³/mol. The van der Waals surface area contributed by atoms with Crippen LogP contribution < -0.4 is 5.32 Å². The molecule has 0 unspecified atom stereocenters. The Morgan fingerprint density at radius 2 is 1.65 bits per heavy atom. The summed E-state index contributed by atoms with van der Waals surface area (Å²) in [5.74, 6) is -0.180. The molecule has 1 atom stereocenters. The van der Waals surface area contributed by atoms with Crippen molar-refractivity contribution in [2.45, 2.75) is 37.8 Å². The van der Waals surface area contributed by atoms with Crippen LogP contribution in [-0.4, -0.2) is 35.1 Å². The van der Waals surface area contributed by atoms with E-state index in [0.717, 1.165) is 4.90 Å². The van der Waals surface area contributed by atoms with Gasteiger partial charge in [0.2, 0.25) is 5.91 Å². The number of thioether (sulfide) groups is 1. The van der Waals surface area contributed by atoms with E-state index in [0.29, 0.717) is 24.3 Å². The number of rotatable bonds is 7. The summed E-state index contributed by atoms with van der Waals surface area (Å²) in [6.45, 7) is 9.07. The summed E-state index contributed by atoms with van der Waals surface area (Å²) < 4.78 is 0. The van der Waals surface area contributed by atoms with Crippen molar-refractivity contribution < 1.29 is 9.59 Å². The lowest BCUT2D eigenvalue weighted by atomic mass is 10.1. The molecule has 26 heavy (non-hydrogen) atoms. The first-order valence-corrected chi connectivity index (χ1v) is 9.76. The molecule has 2 rings (SSSR count). The summed E-state index contributed by atoms with van der Waals surface area (Å²) in [4.78, 5) is 28.1. The van der Waals surface area contributed by atoms with E-state index in [9.17, 15) is 9.59 Å². The van der Waals surface area contributed by atoms with Gasteiger partial charge in [0.25, 0.3) is 5.91 Å². The van der Waals surface area contributed by atoms with E-state index >= 15 is 0 Å². The molecule has 2 aromatic carbocycles. The van der Waals surface area contributed by atoms with Crippen molar-refractivity contribution in [3.05, 3.63) is 59.7 Å². The second-order valence-corrected chi connectivity index (χ2v) is 7.50. The second-order valence-electron chi connectivity index (χ2n) is 6.09. The number of carbonyl (C=O) groups is 2. The van der Waals surface area contributed by atoms with Crippen LogP contribution in [0.2, 0.25) is 0 Å². The van der Waals surface area contributed by atoms with Gasteiger partial charge in [-0.15, -0.1) is 11.8 Å². The minimum Gasteiger partial charge on any atom is -0.339 e. The maximum atomic E-state index is 12.7. The molecular weight excluding hydrogens is 344 g/mol. The average Bonchev–Trinajstić information content (AvgIpc) is 2.64. The summed E-state index contributed by atoms with van der Waals surface area (Å²) in [5.41, 5.74) is 2.28. The fourth-order valence-electron chi connectivity index (χ4n) is 2.57. The van der Waals surface area contributed by atoms with Crippen molar-refractivity contribution in [3.63, 3.8) is 0 Å². The van der Waals surface area contributed by atoms with Crippen LogP contribution in [0.15, 0.2) is 53.4 Å². The highest BCUT2D eigenvalue weighted by Crippen LogP contribution is 2.25. The van der Waals surface area contributed by atoms with Crippen LogP contribution in [0.4, 0.5) is 5.69 Å². The Bertz CT molecular complexity index is 755. The number of amides is 2. The molecule has 0 aliphatic rings. The van der Waals surface area contributed by atoms with Gasteiger partial charge in [0.05, 0.1) is 16.5 Å². The summed E-state index contributed by atoms with van der Waals surface area (Å²) in [5, 5.41) is 2.65. The normalized spacial score (nSPS) is 11.7. The first-order valence-electron chi connectivity index (χ1n) is 8.88. The van der Waals surface area contributed by atoms with Crippen LogP contribution in [0, 0.1) is 6.92 Å². The van der Waals surface area contributed by atoms with Crippen molar-refractivity contribution in [2.24, 2.45) is 0 Å². The standard InChI is InChI=1S/C21H26N2O2S/c1-5-23(6-2)21(25)18-9-7-8-10-19(18)22-20(24)16(4)26-17-13-11-15(3)12-14-17/h7-14,16H,5-6H2,1-4H3,(H,22,24)/t16-/m1/s1. The van der Waals surface area contributed by atoms with Crippen LogP contribution in [-0.2, 0) is 4.79 Å². The van der Waals surface area contributed by atoms with E-state index in [1.807, 2.05) is 64.1 Å². The first-order chi connectivity index (χ1) is 12.5. The minimum atomic E-state index is -0.269. The lowest BCUT2D eigenvalue weighted by Gasteiger charge is -2.21. The quantitative estimate of drug-likeness (QED) is 0.725. The fraction of sp³-hybridized carbons (Fsp3) is 0.333. The zero-order valence-corrected chi connectivity index (χ0v) is 16.6. The smallest absolute Gasteiger partial charge is 0.255 e. The molecule has 0 saturated heterocycles. The lowest BCUT2D eigenvalue weighted by Crippen LogP contribution is -2.32. The van der Waals surface area contributed by atoms with Crippen LogP contribution in [0.5, 0.6) is 0 Å². The van der Waals surface area contributed by atoms with E-state index in [1.165, 1.54) is 17.3 Å². The number of nitrogens with one attached hydrogen (secondary N) is 1. The Kier molecular flexibility index (Phi) is 7.27. The van der Waals surface area contributed by atoms with E-state index in [-0.39, 0.29) is 17.1 Å². The van der Waals surface area contributed by atoms with Gasteiger partial charge >= 0.3 is 0 Å². The Balaban J connectivity index is 2.11. The van der Waals surface area contributed by atoms with Gasteiger partial charge in [-0.2, -0.15) is 0 Å². The van der Waals surface area contributed by atoms with Gasteiger partial charge < -0.3 is 10.2 Å². The third kappa shape index (κ3) is 5.11. The molecule has 2 amide bonds. The van der Waals surface area contributed by atoms with Crippen molar-refractivity contribution in [1.29, 1.82) is 0 Å². The van der Waals surface area contributed by atoms with Crippen LogP contribution in [0.25, 0.3) is 0 Å². The second kappa shape index (κ2) is 9.43. The summed E-state index contributed by atoms with van der Waals surface area (Å²) in [7, 11) is 0. The maximum Gasteiger partial charge on any atom is 0.255 e. The number of hydrogen-bond donors (Lipinski definition) is 1. The molecule has 0 radical (unpaired) electrons. The van der Waals surface area contributed by atoms with E-state index in [4.69, 9.17) is 0 Å². The highest BCUT2D eigenvalue weighted by Gasteiger charge is 2.20. The van der Waals surface area contributed by atoms with Crippen LogP contribution in [0.3, 0.4) is 0 Å². The maximum absolute atomic E-state index is 12.7. The molecule has 0 fully saturated rings. The van der Waals surface area contributed by atoms with E-state index in [1.54, 1.807) is 17.0 Å². The van der Waals surface area contributed by atoms with Gasteiger partial charge in [-0.25, -0.2) is 0 Å². The van der Waals surface area contributed by atoms with Crippen LogP contribution >= 0.6 is 11.8 Å². The zero-order chi connectivity index (χ0) is 19.1. The number of para-hydroxylation sites is 1. The monoisotopic (exact) mass is 370 g/mol. The lowest BCUT2D eigenvalue weighted by molar-refractivity contribution is -0.115. The van der Waals surface area contributed by atoms with Crippen molar-refractivity contribution in [2.75, 3.05) is 18.4 Å². The predicted octanol–water partition coefficient (Wildman–Crippen LogP) is 4.60. The molecule has 138 valence electrons. The third-order valence-corrected chi connectivity index (χ3v) is 5.28. The van der Waals surface area contributed by atoms with Crippen molar-refractivity contribution in [1.82, 2.24) is 4.90 Å². The van der Waals surface area contributed by atoms with E-state index in [2.05, 4.69) is 5.32 Å². The molecule has 4 nitrogen and oxygen atoms in total. The first kappa shape index (κ1) is 20.0. The SMILES string of the molecule is CCN(CC)C(=O)c1ccccc1NC(=O)[C@@H](C)Sc1ccc(C)cc1. The molecule has 0 aromatic heterocycles. The Labute approximate surface area is 160 Å². The Morgan fingerprint density at radius 3 is 2.27 bits per heavy atom. The van der Waals surface area contributed by atoms with Crippen molar-refractivity contribution >= 4 is 29.3 Å². The van der Waals surface area contributed by atoms with Gasteiger partial charge in [0, 0.05) is 18.0 Å². The highest BCUT2D eigenvalue weighted by atomic mass is 32.2. The molecule has 0 heterocycles. The topological polar surface area (TPSA) is 49.4 Å². The van der Waals surface area contributed by atoms with Crippen molar-refractivity contribution in [3.8, 4) is 0 Å². The molecule has 5 heteroatoms. The molecular formula is C21H26N2O2S. The number of anilines is 1. The number of aryl methyl sites for hydroxylation is 1. The molecule has 0 aliphatic carbocycles. The van der Waals surface area contributed by atoms with Gasteiger partial charge in [0.1, 0.15) is 0 Å². The third-order valence-electron chi connectivity index (χ3n) is 4.17. The zero-order valence-electron chi connectivity index (χ0n) is 15.8. The number of benzene rings is 2. The van der Waals surface area contributed by atoms with Crippen LogP contribution in [0.1, 0.15) is 36.7 Å². The Morgan fingerprint density at radius 1 is 1.04 bits per heavy atom. The molecule has 0 spiro atoms. The molecule has 0 bridgehead atoms. The van der Waals surface area contributed by atoms with Gasteiger partial charge in [-0.3, -0.25) is 9.59 Å². The van der Waals surface area contributed by atoms with Gasteiger partial charge in [-0.05, 0) is 52.0 Å². The summed E-state index contributed by atoms with van der Waals surface area (Å²) in [6.07, 6.45) is 0. The Hall–Kier alpha value is -2.27. The molecule has 0 saturated carbocycles. The minimum absolute atomic E-state index is 0.0651. The van der Waals surface area contributed by atoms with Gasteiger partial charge in [-0.1, -0.05) is 29.8 Å². The highest BCUT2D eigenvalue weighted by molar-refractivity contribution is 8.00. The molecule has 1 N–H and O–H groups in total.